The van der Waals surface area contributed by atoms with E-state index in [1.807, 2.05) is 0 Å². The molecule has 1 aromatic heterocycles. The fraction of sp³-hybridized carbons (Fsp3) is 0.143. The average Bonchev–Trinajstić information content (AvgIpc) is 2.93. The van der Waals surface area contributed by atoms with E-state index >= 15 is 0 Å². The van der Waals surface area contributed by atoms with Gasteiger partial charge >= 0.3 is 0 Å². The van der Waals surface area contributed by atoms with Gasteiger partial charge in [-0.2, -0.15) is 0 Å². The minimum Gasteiger partial charge on any atom is -0.454 e. The first-order valence-corrected chi connectivity index (χ1v) is 6.01. The minimum absolute atomic E-state index is 0.0277. The topological polar surface area (TPSA) is 60.5 Å². The van der Waals surface area contributed by atoms with Gasteiger partial charge in [-0.05, 0) is 30.3 Å². The number of halogens is 1. The Balaban J connectivity index is 1.69. The van der Waals surface area contributed by atoms with E-state index in [9.17, 15) is 9.18 Å². The van der Waals surface area contributed by atoms with Crippen molar-refractivity contribution in [1.82, 2.24) is 10.3 Å². The van der Waals surface area contributed by atoms with E-state index in [4.69, 9.17) is 9.47 Å². The molecule has 1 aliphatic heterocycles. The van der Waals surface area contributed by atoms with Crippen molar-refractivity contribution in [2.75, 3.05) is 6.79 Å². The van der Waals surface area contributed by atoms with E-state index in [0.29, 0.717) is 17.1 Å². The number of rotatable bonds is 3. The largest absolute Gasteiger partial charge is 0.454 e. The SMILES string of the molecule is O=C(NCc1ncccc1F)c1ccc2c(c1)OCO2. The number of benzene rings is 1. The molecule has 0 spiro atoms. The fourth-order valence-corrected chi connectivity index (χ4v) is 1.85. The van der Waals surface area contributed by atoms with Crippen LogP contribution >= 0.6 is 0 Å². The lowest BCUT2D eigenvalue weighted by atomic mass is 10.2. The third-order valence-electron chi connectivity index (χ3n) is 2.89. The van der Waals surface area contributed by atoms with E-state index < -0.39 is 5.82 Å². The van der Waals surface area contributed by atoms with E-state index in [1.54, 1.807) is 18.2 Å². The number of carbonyl (C=O) groups excluding carboxylic acids is 1. The third kappa shape index (κ3) is 2.40. The van der Waals surface area contributed by atoms with Crippen molar-refractivity contribution in [2.24, 2.45) is 0 Å². The second-order valence-electron chi connectivity index (χ2n) is 4.18. The molecule has 0 atom stereocenters. The predicted molar refractivity (Wildman–Crippen MR) is 67.9 cm³/mol. The molecule has 0 saturated carbocycles. The number of hydrogen-bond acceptors (Lipinski definition) is 4. The number of pyridine rings is 1. The number of nitrogens with one attached hydrogen (secondary N) is 1. The highest BCUT2D eigenvalue weighted by atomic mass is 19.1. The summed E-state index contributed by atoms with van der Waals surface area (Å²) < 4.78 is 23.7. The lowest BCUT2D eigenvalue weighted by molar-refractivity contribution is 0.0949. The van der Waals surface area contributed by atoms with Gasteiger partial charge in [-0.3, -0.25) is 9.78 Å². The van der Waals surface area contributed by atoms with Gasteiger partial charge in [-0.25, -0.2) is 4.39 Å². The molecular weight excluding hydrogens is 263 g/mol. The van der Waals surface area contributed by atoms with Crippen molar-refractivity contribution in [1.29, 1.82) is 0 Å². The predicted octanol–water partition coefficient (Wildman–Crippen LogP) is 1.88. The molecule has 5 nitrogen and oxygen atoms in total. The molecule has 2 heterocycles. The summed E-state index contributed by atoms with van der Waals surface area (Å²) in [5.74, 6) is 0.367. The number of ether oxygens (including phenoxy) is 2. The second-order valence-corrected chi connectivity index (χ2v) is 4.18. The van der Waals surface area contributed by atoms with Crippen LogP contribution in [0.3, 0.4) is 0 Å². The Morgan fingerprint density at radius 1 is 1.30 bits per heavy atom. The molecule has 0 radical (unpaired) electrons. The van der Waals surface area contributed by atoms with Gasteiger partial charge in [-0.1, -0.05) is 0 Å². The Morgan fingerprint density at radius 3 is 3.00 bits per heavy atom. The van der Waals surface area contributed by atoms with Crippen LogP contribution in [0.5, 0.6) is 11.5 Å². The summed E-state index contributed by atoms with van der Waals surface area (Å²) in [4.78, 5) is 15.8. The van der Waals surface area contributed by atoms with Gasteiger partial charge in [0.25, 0.3) is 5.91 Å². The molecule has 3 rings (SSSR count). The van der Waals surface area contributed by atoms with E-state index in [-0.39, 0.29) is 24.9 Å². The minimum atomic E-state index is -0.446. The summed E-state index contributed by atoms with van der Waals surface area (Å²) in [6.07, 6.45) is 1.48. The number of hydrogen-bond donors (Lipinski definition) is 1. The Bertz CT molecular complexity index is 661. The Kier molecular flexibility index (Phi) is 3.20. The van der Waals surface area contributed by atoms with Crippen LogP contribution in [-0.2, 0) is 6.54 Å². The van der Waals surface area contributed by atoms with Gasteiger partial charge in [-0.15, -0.1) is 0 Å². The van der Waals surface area contributed by atoms with Gasteiger partial charge in [0.1, 0.15) is 5.82 Å². The van der Waals surface area contributed by atoms with Gasteiger partial charge in [0.05, 0.1) is 12.2 Å². The van der Waals surface area contributed by atoms with Gasteiger partial charge < -0.3 is 14.8 Å². The summed E-state index contributed by atoms with van der Waals surface area (Å²) in [5, 5.41) is 2.61. The lowest BCUT2D eigenvalue weighted by Gasteiger charge is -2.06. The first-order valence-electron chi connectivity index (χ1n) is 6.01. The first-order chi connectivity index (χ1) is 9.74. The summed E-state index contributed by atoms with van der Waals surface area (Å²) in [6, 6.07) is 7.68. The van der Waals surface area contributed by atoms with E-state index in [2.05, 4.69) is 10.3 Å². The second kappa shape index (κ2) is 5.16. The highest BCUT2D eigenvalue weighted by Crippen LogP contribution is 2.32. The van der Waals surface area contributed by atoms with Crippen molar-refractivity contribution >= 4 is 5.91 Å². The molecule has 1 N–H and O–H groups in total. The maximum atomic E-state index is 13.4. The van der Waals surface area contributed by atoms with E-state index in [0.717, 1.165) is 0 Å². The van der Waals surface area contributed by atoms with Crippen LogP contribution in [0.15, 0.2) is 36.5 Å². The van der Waals surface area contributed by atoms with Crippen LogP contribution in [0.2, 0.25) is 0 Å². The standard InChI is InChI=1S/C14H11FN2O3/c15-10-2-1-5-16-11(10)7-17-14(18)9-3-4-12-13(6-9)20-8-19-12/h1-6H,7-8H2,(H,17,18). The average molecular weight is 274 g/mol. The molecule has 0 aliphatic carbocycles. The van der Waals surface area contributed by atoms with Crippen LogP contribution in [0, 0.1) is 5.82 Å². The number of amides is 1. The molecule has 2 aromatic rings. The Hall–Kier alpha value is -2.63. The fourth-order valence-electron chi connectivity index (χ4n) is 1.85. The van der Waals surface area contributed by atoms with E-state index in [1.165, 1.54) is 18.3 Å². The van der Waals surface area contributed by atoms with Crippen LogP contribution < -0.4 is 14.8 Å². The van der Waals surface area contributed by atoms with Crippen molar-refractivity contribution < 1.29 is 18.7 Å². The van der Waals surface area contributed by atoms with Crippen LogP contribution in [0.4, 0.5) is 4.39 Å². The molecule has 1 aliphatic rings. The molecule has 20 heavy (non-hydrogen) atoms. The van der Waals surface area contributed by atoms with Gasteiger partial charge in [0, 0.05) is 11.8 Å². The maximum absolute atomic E-state index is 13.4. The number of fused-ring (bicyclic) bond motifs is 1. The molecule has 0 unspecified atom stereocenters. The number of carbonyl (C=O) groups is 1. The van der Waals surface area contributed by atoms with Crippen LogP contribution in [0.1, 0.15) is 16.1 Å². The molecule has 102 valence electrons. The zero-order valence-electron chi connectivity index (χ0n) is 10.4. The number of aromatic nitrogens is 1. The quantitative estimate of drug-likeness (QED) is 0.928. The molecule has 0 bridgehead atoms. The number of nitrogens with zero attached hydrogens (tertiary/aromatic N) is 1. The summed E-state index contributed by atoms with van der Waals surface area (Å²) in [5.41, 5.74) is 0.618. The maximum Gasteiger partial charge on any atom is 0.251 e. The van der Waals surface area contributed by atoms with Crippen LogP contribution in [-0.4, -0.2) is 17.7 Å². The molecule has 0 saturated heterocycles. The summed E-state index contributed by atoms with van der Waals surface area (Å²) >= 11 is 0. The van der Waals surface area contributed by atoms with Gasteiger partial charge in [0.15, 0.2) is 11.5 Å². The van der Waals surface area contributed by atoms with Crippen molar-refractivity contribution in [3.63, 3.8) is 0 Å². The Morgan fingerprint density at radius 2 is 2.15 bits per heavy atom. The van der Waals surface area contributed by atoms with Crippen LogP contribution in [0.25, 0.3) is 0 Å². The highest BCUT2D eigenvalue weighted by molar-refractivity contribution is 5.94. The first kappa shape index (κ1) is 12.4. The van der Waals surface area contributed by atoms with Crippen molar-refractivity contribution in [3.8, 4) is 11.5 Å². The molecule has 0 fully saturated rings. The lowest BCUT2D eigenvalue weighted by Crippen LogP contribution is -2.23. The monoisotopic (exact) mass is 274 g/mol. The molecule has 1 aromatic carbocycles. The van der Waals surface area contributed by atoms with Crippen molar-refractivity contribution in [2.45, 2.75) is 6.54 Å². The smallest absolute Gasteiger partial charge is 0.251 e. The van der Waals surface area contributed by atoms with Crippen molar-refractivity contribution in [3.05, 3.63) is 53.6 Å². The molecule has 1 amide bonds. The van der Waals surface area contributed by atoms with Gasteiger partial charge in [0.2, 0.25) is 6.79 Å². The Labute approximate surface area is 114 Å². The normalized spacial score (nSPS) is 12.2. The summed E-state index contributed by atoms with van der Waals surface area (Å²) in [7, 11) is 0. The highest BCUT2D eigenvalue weighted by Gasteiger charge is 2.16. The third-order valence-corrected chi connectivity index (χ3v) is 2.89. The molecule has 6 heteroatoms. The molecular formula is C14H11FN2O3. The zero-order chi connectivity index (χ0) is 13.9. The summed E-state index contributed by atoms with van der Waals surface area (Å²) in [6.45, 7) is 0.180. The zero-order valence-corrected chi connectivity index (χ0v) is 10.4.